The van der Waals surface area contributed by atoms with Crippen molar-refractivity contribution in [3.8, 4) is 0 Å². The average molecular weight is 573 g/mol. The molecular formula is C21H32O2S8. The quantitative estimate of drug-likeness (QED) is 0.177. The molecule has 0 N–H and O–H groups in total. The minimum Gasteiger partial charge on any atom is -0.282 e. The molecule has 2 saturated heterocycles. The van der Waals surface area contributed by atoms with Crippen LogP contribution in [0.25, 0.3) is 0 Å². The molecule has 0 aromatic carbocycles. The first-order valence-corrected chi connectivity index (χ1v) is 18.1. The molecule has 0 aliphatic carbocycles. The Labute approximate surface area is 222 Å². The smallest absolute Gasteiger partial charge is 0.214 e. The largest absolute Gasteiger partial charge is 0.282 e. The average Bonchev–Trinajstić information content (AvgIpc) is 3.39. The van der Waals surface area contributed by atoms with Crippen LogP contribution >= 0.6 is 94.1 Å². The van der Waals surface area contributed by atoms with Crippen LogP contribution in [0.5, 0.6) is 0 Å². The Morgan fingerprint density at radius 1 is 0.839 bits per heavy atom. The predicted molar refractivity (Wildman–Crippen MR) is 159 cm³/mol. The molecule has 2 nitrogen and oxygen atoms in total. The van der Waals surface area contributed by atoms with Gasteiger partial charge in [-0.1, -0.05) is 50.5 Å². The van der Waals surface area contributed by atoms with E-state index in [1.165, 1.54) is 23.5 Å². The molecule has 6 atom stereocenters. The highest BCUT2D eigenvalue weighted by Crippen LogP contribution is 2.47. The van der Waals surface area contributed by atoms with Gasteiger partial charge in [-0.25, -0.2) is 0 Å². The summed E-state index contributed by atoms with van der Waals surface area (Å²) in [5.41, 5.74) is 1.30. The third-order valence-electron chi connectivity index (χ3n) is 4.47. The molecule has 0 aromatic heterocycles. The van der Waals surface area contributed by atoms with Crippen molar-refractivity contribution in [3.63, 3.8) is 0 Å². The lowest BCUT2D eigenvalue weighted by atomic mass is 10.4. The molecule has 0 radical (unpaired) electrons. The van der Waals surface area contributed by atoms with Gasteiger partial charge in [-0.3, -0.25) is 9.59 Å². The van der Waals surface area contributed by atoms with Gasteiger partial charge < -0.3 is 0 Å². The SMILES string of the molecule is C=C(C)C(=O)SCC1CSC(C(C)SCSC(C)C2SCC(CSC(=O)C(=C)C)S2)S1. The molecule has 0 bridgehead atoms. The van der Waals surface area contributed by atoms with Crippen LogP contribution in [0.1, 0.15) is 27.7 Å². The summed E-state index contributed by atoms with van der Waals surface area (Å²) in [5, 5.41) is 3.75. The van der Waals surface area contributed by atoms with Crippen LogP contribution in [0.2, 0.25) is 0 Å². The van der Waals surface area contributed by atoms with E-state index in [2.05, 4.69) is 97.6 Å². The third-order valence-corrected chi connectivity index (χ3v) is 18.0. The van der Waals surface area contributed by atoms with Gasteiger partial charge in [0.1, 0.15) is 0 Å². The van der Waals surface area contributed by atoms with Gasteiger partial charge in [0.15, 0.2) is 0 Å². The van der Waals surface area contributed by atoms with Crippen molar-refractivity contribution in [2.24, 2.45) is 0 Å². The lowest BCUT2D eigenvalue weighted by Gasteiger charge is -2.21. The van der Waals surface area contributed by atoms with Crippen LogP contribution in [0.4, 0.5) is 0 Å². The van der Waals surface area contributed by atoms with Gasteiger partial charge in [-0.2, -0.15) is 0 Å². The Hall–Kier alpha value is 1.62. The third kappa shape index (κ3) is 10.4. The Balaban J connectivity index is 1.60. The molecule has 0 aromatic rings. The number of rotatable bonds is 12. The standard InChI is InChI=1S/C21H32O2S8/c1-12(2)18(22)24-7-16-9-26-20(30-16)14(5)28-11-29-15(6)21-27-10-17(31-21)8-25-19(23)13(3)4/h14-17,20-21H,1,3,7-11H2,2,4-6H3. The number of carbonyl (C=O) groups is 2. The van der Waals surface area contributed by atoms with E-state index in [1.54, 1.807) is 13.8 Å². The van der Waals surface area contributed by atoms with E-state index in [0.29, 0.717) is 41.3 Å². The van der Waals surface area contributed by atoms with Crippen molar-refractivity contribution in [1.29, 1.82) is 0 Å². The second kappa shape index (κ2) is 14.9. The van der Waals surface area contributed by atoms with E-state index < -0.39 is 0 Å². The number of hydrogen-bond donors (Lipinski definition) is 0. The minimum atomic E-state index is 0.132. The molecule has 2 fully saturated rings. The number of carbonyl (C=O) groups excluding carboxylic acids is 2. The summed E-state index contributed by atoms with van der Waals surface area (Å²) < 4.78 is 1.24. The van der Waals surface area contributed by atoms with Gasteiger partial charge in [0, 0.05) is 49.1 Å². The molecule has 176 valence electrons. The normalized spacial score (nSPS) is 27.7. The molecule has 10 heteroatoms. The molecule has 2 aliphatic heterocycles. The zero-order chi connectivity index (χ0) is 23.0. The van der Waals surface area contributed by atoms with Gasteiger partial charge in [-0.05, 0) is 25.0 Å². The van der Waals surface area contributed by atoms with Crippen molar-refractivity contribution in [3.05, 3.63) is 24.3 Å². The van der Waals surface area contributed by atoms with Crippen molar-refractivity contribution in [2.45, 2.75) is 57.9 Å². The van der Waals surface area contributed by atoms with Crippen LogP contribution in [0, 0.1) is 0 Å². The summed E-state index contributed by atoms with van der Waals surface area (Å²) in [4.78, 5) is 23.5. The molecule has 0 amide bonds. The molecule has 2 heterocycles. The van der Waals surface area contributed by atoms with Crippen molar-refractivity contribution < 1.29 is 9.59 Å². The van der Waals surface area contributed by atoms with Crippen molar-refractivity contribution >= 4 is 104 Å². The fourth-order valence-electron chi connectivity index (χ4n) is 2.60. The zero-order valence-electron chi connectivity index (χ0n) is 18.5. The van der Waals surface area contributed by atoms with Gasteiger partial charge >= 0.3 is 0 Å². The summed E-state index contributed by atoms with van der Waals surface area (Å²) in [6.07, 6.45) is 0. The topological polar surface area (TPSA) is 34.1 Å². The van der Waals surface area contributed by atoms with E-state index in [0.717, 1.165) is 28.1 Å². The first kappa shape index (κ1) is 28.9. The Kier molecular flexibility index (Phi) is 13.9. The summed E-state index contributed by atoms with van der Waals surface area (Å²) in [6.45, 7) is 15.7. The molecule has 2 rings (SSSR count). The van der Waals surface area contributed by atoms with Gasteiger partial charge in [-0.15, -0.1) is 70.6 Å². The first-order chi connectivity index (χ1) is 14.7. The summed E-state index contributed by atoms with van der Waals surface area (Å²) in [6, 6.07) is 0. The van der Waals surface area contributed by atoms with E-state index in [4.69, 9.17) is 0 Å². The van der Waals surface area contributed by atoms with Crippen molar-refractivity contribution in [1.82, 2.24) is 0 Å². The van der Waals surface area contributed by atoms with E-state index >= 15 is 0 Å². The highest BCUT2D eigenvalue weighted by atomic mass is 32.2. The van der Waals surface area contributed by atoms with E-state index in [-0.39, 0.29) is 10.2 Å². The maximum Gasteiger partial charge on any atom is 0.214 e. The Morgan fingerprint density at radius 2 is 1.23 bits per heavy atom. The molecule has 31 heavy (non-hydrogen) atoms. The van der Waals surface area contributed by atoms with Gasteiger partial charge in [0.25, 0.3) is 0 Å². The monoisotopic (exact) mass is 572 g/mol. The fourth-order valence-corrected chi connectivity index (χ4v) is 15.4. The van der Waals surface area contributed by atoms with Crippen LogP contribution in [-0.4, -0.2) is 68.5 Å². The summed E-state index contributed by atoms with van der Waals surface area (Å²) >= 11 is 15.2. The maximum absolute atomic E-state index is 11.8. The lowest BCUT2D eigenvalue weighted by Crippen LogP contribution is -2.14. The molecule has 6 unspecified atom stereocenters. The fraction of sp³-hybridized carbons (Fsp3) is 0.714. The predicted octanol–water partition coefficient (Wildman–Crippen LogP) is 7.21. The van der Waals surface area contributed by atoms with Crippen LogP contribution in [0.15, 0.2) is 24.3 Å². The minimum absolute atomic E-state index is 0.132. The maximum atomic E-state index is 11.8. The number of hydrogen-bond acceptors (Lipinski definition) is 10. The second-order valence-electron chi connectivity index (χ2n) is 7.54. The zero-order valence-corrected chi connectivity index (χ0v) is 25.0. The van der Waals surface area contributed by atoms with Crippen LogP contribution in [-0.2, 0) is 9.59 Å². The lowest BCUT2D eigenvalue weighted by molar-refractivity contribution is -0.108. The van der Waals surface area contributed by atoms with Gasteiger partial charge in [0.2, 0.25) is 10.2 Å². The highest BCUT2D eigenvalue weighted by Gasteiger charge is 2.33. The Morgan fingerprint density at radius 3 is 1.58 bits per heavy atom. The van der Waals surface area contributed by atoms with Gasteiger partial charge in [0.05, 0.1) is 9.16 Å². The first-order valence-electron chi connectivity index (χ1n) is 10.1. The van der Waals surface area contributed by atoms with Crippen LogP contribution < -0.4 is 0 Å². The van der Waals surface area contributed by atoms with Crippen LogP contribution in [0.3, 0.4) is 0 Å². The summed E-state index contributed by atoms with van der Waals surface area (Å²) in [7, 11) is 0. The summed E-state index contributed by atoms with van der Waals surface area (Å²) in [5.74, 6) is 4.08. The second-order valence-corrected chi connectivity index (χ2v) is 18.5. The molecule has 0 saturated carbocycles. The highest BCUT2D eigenvalue weighted by molar-refractivity contribution is 8.25. The number of thioether (sulfide) groups is 8. The van der Waals surface area contributed by atoms with Crippen molar-refractivity contribution in [2.75, 3.05) is 28.1 Å². The Bertz CT molecular complexity index is 601. The molecular weight excluding hydrogens is 541 g/mol. The molecule has 2 aliphatic rings. The molecule has 0 spiro atoms. The van der Waals surface area contributed by atoms with E-state index in [9.17, 15) is 9.59 Å². The van der Waals surface area contributed by atoms with E-state index in [1.807, 2.05) is 0 Å².